The first kappa shape index (κ1) is 19.8. The zero-order valence-electron chi connectivity index (χ0n) is 15.6. The van der Waals surface area contributed by atoms with Crippen LogP contribution in [0.3, 0.4) is 0 Å². The molecule has 0 saturated carbocycles. The molecule has 0 atom stereocenters. The first-order valence-electron chi connectivity index (χ1n) is 8.47. The van der Waals surface area contributed by atoms with Crippen molar-refractivity contribution in [3.63, 3.8) is 0 Å². The largest absolute Gasteiger partial charge is 0.461 e. The lowest BCUT2D eigenvalue weighted by Crippen LogP contribution is -2.44. The number of carbonyl (C=O) groups is 2. The summed E-state index contributed by atoms with van der Waals surface area (Å²) in [6, 6.07) is 9.68. The predicted octanol–water partition coefficient (Wildman–Crippen LogP) is 4.16. The molecular weight excluding hydrogens is 348 g/mol. The Balaban J connectivity index is 2.14. The summed E-state index contributed by atoms with van der Waals surface area (Å²) in [4.78, 5) is 30.5. The Kier molecular flexibility index (Phi) is 6.69. The topological polar surface area (TPSA) is 59.5 Å². The molecule has 0 bridgehead atoms. The molecule has 2 aromatic rings. The van der Waals surface area contributed by atoms with Gasteiger partial charge in [0.1, 0.15) is 5.01 Å². The van der Waals surface area contributed by atoms with Crippen LogP contribution in [-0.4, -0.2) is 33.9 Å². The molecule has 0 aliphatic rings. The van der Waals surface area contributed by atoms with Crippen molar-refractivity contribution in [1.29, 1.82) is 0 Å². The smallest absolute Gasteiger partial charge is 0.357 e. The minimum Gasteiger partial charge on any atom is -0.461 e. The van der Waals surface area contributed by atoms with Crippen LogP contribution >= 0.6 is 11.3 Å². The maximum atomic E-state index is 12.7. The molecule has 1 heterocycles. The second-order valence-corrected chi connectivity index (χ2v) is 7.63. The second-order valence-electron chi connectivity index (χ2n) is 6.69. The number of esters is 1. The van der Waals surface area contributed by atoms with Gasteiger partial charge in [-0.05, 0) is 39.3 Å². The molecule has 0 aliphatic carbocycles. The Morgan fingerprint density at radius 1 is 1.23 bits per heavy atom. The number of amides is 1. The fraction of sp³-hybridized carbons (Fsp3) is 0.350. The van der Waals surface area contributed by atoms with E-state index in [-0.39, 0.29) is 17.1 Å². The minimum atomic E-state index is -0.437. The van der Waals surface area contributed by atoms with Crippen LogP contribution in [0.1, 0.15) is 48.8 Å². The van der Waals surface area contributed by atoms with Crippen LogP contribution in [0.4, 0.5) is 0 Å². The van der Waals surface area contributed by atoms with Gasteiger partial charge in [-0.2, -0.15) is 0 Å². The quantitative estimate of drug-likeness (QED) is 0.564. The summed E-state index contributed by atoms with van der Waals surface area (Å²) in [5, 5.41) is 2.36. The van der Waals surface area contributed by atoms with E-state index in [4.69, 9.17) is 4.74 Å². The molecule has 1 aromatic carbocycles. The van der Waals surface area contributed by atoms with Gasteiger partial charge in [-0.1, -0.05) is 30.3 Å². The second kappa shape index (κ2) is 8.76. The molecule has 0 spiro atoms. The number of rotatable bonds is 6. The molecule has 0 saturated heterocycles. The Morgan fingerprint density at radius 2 is 1.92 bits per heavy atom. The summed E-state index contributed by atoms with van der Waals surface area (Å²) in [6.07, 6.45) is 3.37. The number of hydrogen-bond donors (Lipinski definition) is 0. The average Bonchev–Trinajstić information content (AvgIpc) is 3.07. The van der Waals surface area contributed by atoms with Crippen molar-refractivity contribution in [2.45, 2.75) is 39.8 Å². The van der Waals surface area contributed by atoms with E-state index in [0.29, 0.717) is 18.2 Å². The van der Waals surface area contributed by atoms with Crippen molar-refractivity contribution < 1.29 is 14.3 Å². The molecule has 138 valence electrons. The van der Waals surface area contributed by atoms with Crippen LogP contribution in [0.15, 0.2) is 41.8 Å². The third kappa shape index (κ3) is 5.52. The van der Waals surface area contributed by atoms with E-state index in [9.17, 15) is 9.59 Å². The van der Waals surface area contributed by atoms with Crippen molar-refractivity contribution in [3.8, 4) is 0 Å². The lowest BCUT2D eigenvalue weighted by atomic mass is 10.1. The molecule has 26 heavy (non-hydrogen) atoms. The van der Waals surface area contributed by atoms with Crippen molar-refractivity contribution in [2.24, 2.45) is 0 Å². The van der Waals surface area contributed by atoms with Crippen LogP contribution in [-0.2, 0) is 16.1 Å². The summed E-state index contributed by atoms with van der Waals surface area (Å²) in [5.41, 5.74) is 0.870. The van der Waals surface area contributed by atoms with E-state index in [0.717, 1.165) is 5.56 Å². The highest BCUT2D eigenvalue weighted by Crippen LogP contribution is 2.21. The van der Waals surface area contributed by atoms with Crippen molar-refractivity contribution in [3.05, 3.63) is 58.1 Å². The van der Waals surface area contributed by atoms with E-state index >= 15 is 0 Å². The van der Waals surface area contributed by atoms with Gasteiger partial charge in [0.05, 0.1) is 13.2 Å². The van der Waals surface area contributed by atoms with Gasteiger partial charge in [0.15, 0.2) is 5.69 Å². The molecule has 0 fully saturated rings. The normalized spacial score (nSPS) is 11.5. The maximum Gasteiger partial charge on any atom is 0.357 e. The van der Waals surface area contributed by atoms with Crippen LogP contribution in [0, 0.1) is 0 Å². The SMILES string of the molecule is CCOC(=O)c1csc(CN(C(=O)/C=C/c2ccccc2)C(C)(C)C)n1. The van der Waals surface area contributed by atoms with Gasteiger partial charge in [0.2, 0.25) is 5.91 Å². The molecule has 0 N–H and O–H groups in total. The summed E-state index contributed by atoms with van der Waals surface area (Å²) in [5.74, 6) is -0.540. The predicted molar refractivity (Wildman–Crippen MR) is 104 cm³/mol. The van der Waals surface area contributed by atoms with Crippen molar-refractivity contribution >= 4 is 29.3 Å². The zero-order chi connectivity index (χ0) is 19.2. The highest BCUT2D eigenvalue weighted by molar-refractivity contribution is 7.09. The Hall–Kier alpha value is -2.47. The van der Waals surface area contributed by atoms with Gasteiger partial charge in [0, 0.05) is 17.0 Å². The summed E-state index contributed by atoms with van der Waals surface area (Å²) in [6.45, 7) is 8.32. The monoisotopic (exact) mass is 372 g/mol. The highest BCUT2D eigenvalue weighted by atomic mass is 32.1. The molecule has 1 amide bonds. The van der Waals surface area contributed by atoms with Gasteiger partial charge in [-0.25, -0.2) is 9.78 Å². The van der Waals surface area contributed by atoms with Gasteiger partial charge in [-0.3, -0.25) is 4.79 Å². The molecular formula is C20H24N2O3S. The third-order valence-corrected chi connectivity index (χ3v) is 4.46. The van der Waals surface area contributed by atoms with E-state index in [2.05, 4.69) is 4.98 Å². The number of aromatic nitrogens is 1. The fourth-order valence-corrected chi connectivity index (χ4v) is 3.04. The van der Waals surface area contributed by atoms with Gasteiger partial charge >= 0.3 is 5.97 Å². The third-order valence-electron chi connectivity index (χ3n) is 3.62. The van der Waals surface area contributed by atoms with E-state index in [1.54, 1.807) is 29.4 Å². The summed E-state index contributed by atoms with van der Waals surface area (Å²) in [7, 11) is 0. The van der Waals surface area contributed by atoms with Gasteiger partial charge < -0.3 is 9.64 Å². The van der Waals surface area contributed by atoms with Crippen LogP contribution < -0.4 is 0 Å². The summed E-state index contributed by atoms with van der Waals surface area (Å²) < 4.78 is 4.96. The molecule has 0 aliphatic heterocycles. The summed E-state index contributed by atoms with van der Waals surface area (Å²) >= 11 is 1.35. The Labute approximate surface area is 158 Å². The molecule has 1 aromatic heterocycles. The minimum absolute atomic E-state index is 0.103. The van der Waals surface area contributed by atoms with E-state index in [1.165, 1.54) is 11.3 Å². The lowest BCUT2D eigenvalue weighted by Gasteiger charge is -2.34. The number of hydrogen-bond acceptors (Lipinski definition) is 5. The van der Waals surface area contributed by atoms with Crippen LogP contribution in [0.2, 0.25) is 0 Å². The molecule has 0 radical (unpaired) electrons. The number of carbonyl (C=O) groups excluding carboxylic acids is 2. The molecule has 6 heteroatoms. The number of nitrogens with zero attached hydrogens (tertiary/aromatic N) is 2. The zero-order valence-corrected chi connectivity index (χ0v) is 16.4. The molecule has 5 nitrogen and oxygen atoms in total. The first-order chi connectivity index (χ1) is 12.3. The van der Waals surface area contributed by atoms with E-state index in [1.807, 2.05) is 51.1 Å². The number of benzene rings is 1. The molecule has 0 unspecified atom stereocenters. The number of thiazole rings is 1. The maximum absolute atomic E-state index is 12.7. The van der Waals surface area contributed by atoms with Gasteiger partial charge in [-0.15, -0.1) is 11.3 Å². The lowest BCUT2D eigenvalue weighted by molar-refractivity contribution is -0.131. The highest BCUT2D eigenvalue weighted by Gasteiger charge is 2.26. The standard InChI is InChI=1S/C20H24N2O3S/c1-5-25-19(24)16-14-26-17(21-16)13-22(20(2,3)4)18(23)12-11-15-9-7-6-8-10-15/h6-12,14H,5,13H2,1-4H3/b12-11+. The first-order valence-corrected chi connectivity index (χ1v) is 9.35. The number of ether oxygens (including phenoxy) is 1. The Morgan fingerprint density at radius 3 is 2.54 bits per heavy atom. The van der Waals surface area contributed by atoms with Crippen LogP contribution in [0.5, 0.6) is 0 Å². The fourth-order valence-electron chi connectivity index (χ4n) is 2.28. The molecule has 2 rings (SSSR count). The Bertz CT molecular complexity index is 776. The average molecular weight is 372 g/mol. The van der Waals surface area contributed by atoms with E-state index < -0.39 is 5.97 Å². The van der Waals surface area contributed by atoms with Crippen LogP contribution in [0.25, 0.3) is 6.08 Å². The van der Waals surface area contributed by atoms with Gasteiger partial charge in [0.25, 0.3) is 0 Å². The van der Waals surface area contributed by atoms with Crippen molar-refractivity contribution in [2.75, 3.05) is 6.61 Å². The van der Waals surface area contributed by atoms with Crippen molar-refractivity contribution in [1.82, 2.24) is 9.88 Å².